The van der Waals surface area contributed by atoms with Crippen LogP contribution in [0.3, 0.4) is 0 Å². The van der Waals surface area contributed by atoms with E-state index in [4.69, 9.17) is 0 Å². The van der Waals surface area contributed by atoms with Gasteiger partial charge >= 0.3 is 0 Å². The molecule has 0 bridgehead atoms. The van der Waals surface area contributed by atoms with Crippen molar-refractivity contribution in [2.45, 2.75) is 27.7 Å². The highest BCUT2D eigenvalue weighted by atomic mass is 15.1. The summed E-state index contributed by atoms with van der Waals surface area (Å²) in [6, 6.07) is 8.20. The Morgan fingerprint density at radius 1 is 1.25 bits per heavy atom. The molecule has 0 fully saturated rings. The number of amidine groups is 1. The molecule has 0 aliphatic carbocycles. The summed E-state index contributed by atoms with van der Waals surface area (Å²) in [6.45, 7) is 13.5. The molecule has 0 atom stereocenters. The lowest BCUT2D eigenvalue weighted by Gasteiger charge is -2.18. The van der Waals surface area contributed by atoms with Crippen molar-refractivity contribution in [2.24, 2.45) is 10.4 Å². The highest BCUT2D eigenvalue weighted by molar-refractivity contribution is 5.97. The zero-order valence-corrected chi connectivity index (χ0v) is 12.7. The van der Waals surface area contributed by atoms with Crippen LogP contribution in [0.1, 0.15) is 26.3 Å². The normalized spacial score (nSPS) is 14.6. The van der Waals surface area contributed by atoms with Gasteiger partial charge in [-0.2, -0.15) is 0 Å². The average Bonchev–Trinajstić information content (AvgIpc) is 2.76. The first-order valence-corrected chi connectivity index (χ1v) is 6.90. The zero-order valence-electron chi connectivity index (χ0n) is 12.7. The topological polar surface area (TPSA) is 36.4 Å². The van der Waals surface area contributed by atoms with Gasteiger partial charge in [0.1, 0.15) is 11.7 Å². The maximum absolute atomic E-state index is 4.49. The Hall–Kier alpha value is -2.03. The lowest BCUT2D eigenvalue weighted by atomic mass is 9.87. The second-order valence-electron chi connectivity index (χ2n) is 6.22. The van der Waals surface area contributed by atoms with Crippen molar-refractivity contribution in [3.63, 3.8) is 0 Å². The van der Waals surface area contributed by atoms with Crippen molar-refractivity contribution in [3.8, 4) is 0 Å². The van der Waals surface area contributed by atoms with E-state index in [1.165, 1.54) is 11.1 Å². The summed E-state index contributed by atoms with van der Waals surface area (Å²) in [5.74, 6) is 1.61. The Morgan fingerprint density at radius 3 is 2.60 bits per heavy atom. The molecule has 0 unspecified atom stereocenters. The molecule has 2 N–H and O–H groups in total. The van der Waals surface area contributed by atoms with Crippen LogP contribution in [0.5, 0.6) is 0 Å². The summed E-state index contributed by atoms with van der Waals surface area (Å²) in [5, 5.41) is 6.46. The van der Waals surface area contributed by atoms with E-state index in [9.17, 15) is 0 Å². The van der Waals surface area contributed by atoms with Gasteiger partial charge in [0.05, 0.1) is 6.54 Å². The predicted octanol–water partition coefficient (Wildman–Crippen LogP) is 3.85. The number of anilines is 1. The number of hydrogen-bond acceptors (Lipinski definition) is 3. The third-order valence-electron chi connectivity index (χ3n) is 3.29. The number of nitrogens with zero attached hydrogens (tertiary/aromatic N) is 1. The molecule has 2 rings (SSSR count). The fraction of sp³-hybridized carbons (Fsp3) is 0.353. The molecule has 1 aromatic carbocycles. The van der Waals surface area contributed by atoms with E-state index in [0.717, 1.165) is 23.9 Å². The van der Waals surface area contributed by atoms with E-state index in [-0.39, 0.29) is 5.41 Å². The van der Waals surface area contributed by atoms with Gasteiger partial charge in [-0.05, 0) is 41.7 Å². The minimum atomic E-state index is 0.165. The molecule has 0 saturated carbocycles. The summed E-state index contributed by atoms with van der Waals surface area (Å²) < 4.78 is 0. The van der Waals surface area contributed by atoms with Gasteiger partial charge < -0.3 is 10.6 Å². The van der Waals surface area contributed by atoms with E-state index in [0.29, 0.717) is 0 Å². The summed E-state index contributed by atoms with van der Waals surface area (Å²) >= 11 is 0. The number of nitrogens with one attached hydrogen (secondary N) is 2. The first-order chi connectivity index (χ1) is 9.34. The van der Waals surface area contributed by atoms with Crippen LogP contribution in [0.15, 0.2) is 53.3 Å². The van der Waals surface area contributed by atoms with Crippen molar-refractivity contribution >= 4 is 11.5 Å². The monoisotopic (exact) mass is 269 g/mol. The molecule has 1 aromatic rings. The fourth-order valence-corrected chi connectivity index (χ4v) is 2.04. The van der Waals surface area contributed by atoms with Gasteiger partial charge in [0.25, 0.3) is 0 Å². The summed E-state index contributed by atoms with van der Waals surface area (Å²) in [5.41, 5.74) is 3.75. The van der Waals surface area contributed by atoms with Gasteiger partial charge in [-0.15, -0.1) is 0 Å². The molecule has 0 aromatic heterocycles. The highest BCUT2D eigenvalue weighted by Crippen LogP contribution is 2.27. The van der Waals surface area contributed by atoms with E-state index >= 15 is 0 Å². The molecule has 0 spiro atoms. The summed E-state index contributed by atoms with van der Waals surface area (Å²) in [4.78, 5) is 4.49. The minimum Gasteiger partial charge on any atom is -0.342 e. The first-order valence-electron chi connectivity index (χ1n) is 6.90. The van der Waals surface area contributed by atoms with E-state index in [1.54, 1.807) is 0 Å². The van der Waals surface area contributed by atoms with Gasteiger partial charge in [0.2, 0.25) is 0 Å². The van der Waals surface area contributed by atoms with E-state index in [1.807, 2.05) is 12.1 Å². The maximum atomic E-state index is 4.49. The van der Waals surface area contributed by atoms with Gasteiger partial charge in [0, 0.05) is 5.69 Å². The summed E-state index contributed by atoms with van der Waals surface area (Å²) in [7, 11) is 0. The Bertz CT molecular complexity index is 574. The van der Waals surface area contributed by atoms with Gasteiger partial charge in [-0.1, -0.05) is 39.5 Å². The van der Waals surface area contributed by atoms with Crippen LogP contribution < -0.4 is 10.6 Å². The summed E-state index contributed by atoms with van der Waals surface area (Å²) in [6.07, 6.45) is 2.11. The Balaban J connectivity index is 1.95. The molecular weight excluding hydrogens is 246 g/mol. The first kappa shape index (κ1) is 14.4. The standard InChI is InChI=1S/C17H23N3/c1-12-7-6-8-15(9-12)19-13(2)20-16-10-14(11-18-16)17(3,4)5/h6-10,19H,2,11H2,1,3-5H3,(H,18,20). The third kappa shape index (κ3) is 3.73. The Kier molecular flexibility index (Phi) is 3.98. The van der Waals surface area contributed by atoms with E-state index < -0.39 is 0 Å². The largest absolute Gasteiger partial charge is 0.342 e. The highest BCUT2D eigenvalue weighted by Gasteiger charge is 2.20. The Labute approximate surface area is 121 Å². The van der Waals surface area contributed by atoms with Crippen LogP contribution in [0.25, 0.3) is 0 Å². The van der Waals surface area contributed by atoms with Crippen LogP contribution in [-0.2, 0) is 0 Å². The quantitative estimate of drug-likeness (QED) is 0.874. The molecule has 1 aliphatic heterocycles. The molecule has 0 amide bonds. The molecule has 0 radical (unpaired) electrons. The molecule has 1 heterocycles. The smallest absolute Gasteiger partial charge is 0.126 e. The number of aliphatic imine (C=N–C) groups is 1. The third-order valence-corrected chi connectivity index (χ3v) is 3.29. The van der Waals surface area contributed by atoms with Crippen molar-refractivity contribution in [3.05, 3.63) is 53.9 Å². The average molecular weight is 269 g/mol. The number of hydrogen-bond donors (Lipinski definition) is 2. The van der Waals surface area contributed by atoms with Crippen molar-refractivity contribution in [1.29, 1.82) is 0 Å². The van der Waals surface area contributed by atoms with Gasteiger partial charge in [0.15, 0.2) is 0 Å². The lowest BCUT2D eigenvalue weighted by Crippen LogP contribution is -2.24. The van der Waals surface area contributed by atoms with Crippen LogP contribution in [0.2, 0.25) is 0 Å². The fourth-order valence-electron chi connectivity index (χ4n) is 2.04. The van der Waals surface area contributed by atoms with Gasteiger partial charge in [-0.25, -0.2) is 0 Å². The second kappa shape index (κ2) is 5.53. The molecule has 1 aliphatic rings. The van der Waals surface area contributed by atoms with Crippen LogP contribution in [0.4, 0.5) is 5.69 Å². The van der Waals surface area contributed by atoms with Crippen molar-refractivity contribution < 1.29 is 0 Å². The number of aryl methyl sites for hydroxylation is 1. The molecule has 0 saturated heterocycles. The number of rotatable bonds is 3. The molecule has 3 heteroatoms. The van der Waals surface area contributed by atoms with Crippen LogP contribution >= 0.6 is 0 Å². The van der Waals surface area contributed by atoms with Gasteiger partial charge in [-0.3, -0.25) is 4.99 Å². The molecule has 20 heavy (non-hydrogen) atoms. The van der Waals surface area contributed by atoms with Crippen LogP contribution in [0, 0.1) is 12.3 Å². The number of benzene rings is 1. The van der Waals surface area contributed by atoms with Crippen molar-refractivity contribution in [2.75, 3.05) is 11.9 Å². The molecule has 3 nitrogen and oxygen atoms in total. The second-order valence-corrected chi connectivity index (χ2v) is 6.22. The lowest BCUT2D eigenvalue weighted by molar-refractivity contribution is 0.499. The Morgan fingerprint density at radius 2 is 2.00 bits per heavy atom. The predicted molar refractivity (Wildman–Crippen MR) is 86.9 cm³/mol. The minimum absolute atomic E-state index is 0.165. The molecule has 106 valence electrons. The van der Waals surface area contributed by atoms with Crippen molar-refractivity contribution in [1.82, 2.24) is 5.32 Å². The van der Waals surface area contributed by atoms with Crippen LogP contribution in [-0.4, -0.2) is 12.4 Å². The zero-order chi connectivity index (χ0) is 14.8. The molecular formula is C17H23N3. The van der Waals surface area contributed by atoms with E-state index in [2.05, 4.69) is 68.1 Å². The maximum Gasteiger partial charge on any atom is 0.126 e. The SMILES string of the molecule is C=C(NC1=NCC(C(C)(C)C)=C1)Nc1cccc(C)c1.